The maximum Gasteiger partial charge on any atom is 0.336 e. The Morgan fingerprint density at radius 2 is 1.96 bits per heavy atom. The number of benzene rings is 1. The molecule has 0 saturated heterocycles. The summed E-state index contributed by atoms with van der Waals surface area (Å²) >= 11 is 0. The van der Waals surface area contributed by atoms with Crippen LogP contribution in [-0.2, 0) is 0 Å². The van der Waals surface area contributed by atoms with Gasteiger partial charge in [0.2, 0.25) is 0 Å². The van der Waals surface area contributed by atoms with Crippen molar-refractivity contribution in [1.82, 2.24) is 9.38 Å². The highest BCUT2D eigenvalue weighted by Crippen LogP contribution is 2.18. The average molecular weight is 333 g/mol. The summed E-state index contributed by atoms with van der Waals surface area (Å²) in [6.45, 7) is 0. The summed E-state index contributed by atoms with van der Waals surface area (Å²) < 4.78 is 6.35. The number of fused-ring (bicyclic) bond motifs is 2. The second-order valence-electron chi connectivity index (χ2n) is 5.37. The van der Waals surface area contributed by atoms with Crippen LogP contribution in [0.4, 0.5) is 5.69 Å². The van der Waals surface area contributed by atoms with E-state index in [0.29, 0.717) is 22.3 Å². The van der Waals surface area contributed by atoms with Gasteiger partial charge in [0.1, 0.15) is 16.8 Å². The topological polar surface area (TPSA) is 93.7 Å². The van der Waals surface area contributed by atoms with E-state index in [-0.39, 0.29) is 5.56 Å². The number of hydrogen-bond acceptors (Lipinski definition) is 5. The Kier molecular flexibility index (Phi) is 3.39. The van der Waals surface area contributed by atoms with Crippen LogP contribution in [-0.4, -0.2) is 15.3 Å². The molecule has 7 heteroatoms. The lowest BCUT2D eigenvalue weighted by molar-refractivity contribution is 0.102. The fraction of sp³-hybridized carbons (Fsp3) is 0. The quantitative estimate of drug-likeness (QED) is 0.567. The Hall–Kier alpha value is -3.74. The number of pyridine rings is 1. The summed E-state index contributed by atoms with van der Waals surface area (Å²) in [4.78, 5) is 40.2. The molecule has 4 aromatic rings. The molecule has 3 heterocycles. The fourth-order valence-electron chi connectivity index (χ4n) is 2.53. The summed E-state index contributed by atoms with van der Waals surface area (Å²) in [5.41, 5.74) is 0.393. The Labute approximate surface area is 140 Å². The molecule has 0 atom stereocenters. The van der Waals surface area contributed by atoms with Gasteiger partial charge in [-0.05, 0) is 36.4 Å². The van der Waals surface area contributed by atoms with Crippen LogP contribution in [0.1, 0.15) is 10.4 Å². The van der Waals surface area contributed by atoms with Crippen molar-refractivity contribution in [3.05, 3.63) is 87.3 Å². The van der Waals surface area contributed by atoms with Crippen molar-refractivity contribution in [3.63, 3.8) is 0 Å². The van der Waals surface area contributed by atoms with Gasteiger partial charge in [0, 0.05) is 29.5 Å². The van der Waals surface area contributed by atoms with Crippen LogP contribution in [0.2, 0.25) is 0 Å². The highest BCUT2D eigenvalue weighted by atomic mass is 16.4. The van der Waals surface area contributed by atoms with Crippen molar-refractivity contribution in [2.45, 2.75) is 0 Å². The SMILES string of the molecule is O=C(Nc1ccc2oc(=O)ccc2c1)c1cnc2ccccn2c1=O. The molecule has 1 aromatic carbocycles. The third-order valence-corrected chi connectivity index (χ3v) is 3.74. The lowest BCUT2D eigenvalue weighted by Crippen LogP contribution is -2.26. The summed E-state index contributed by atoms with van der Waals surface area (Å²) in [5.74, 6) is -0.563. The van der Waals surface area contributed by atoms with E-state index in [2.05, 4.69) is 10.3 Å². The first kappa shape index (κ1) is 14.8. The van der Waals surface area contributed by atoms with Gasteiger partial charge < -0.3 is 9.73 Å². The highest BCUT2D eigenvalue weighted by Gasteiger charge is 2.13. The van der Waals surface area contributed by atoms with Gasteiger partial charge in [-0.15, -0.1) is 0 Å². The lowest BCUT2D eigenvalue weighted by Gasteiger charge is -2.07. The van der Waals surface area contributed by atoms with Crippen LogP contribution >= 0.6 is 0 Å². The third-order valence-electron chi connectivity index (χ3n) is 3.74. The minimum Gasteiger partial charge on any atom is -0.423 e. The Balaban J connectivity index is 1.70. The van der Waals surface area contributed by atoms with Gasteiger partial charge in [0.25, 0.3) is 11.5 Å². The van der Waals surface area contributed by atoms with E-state index in [0.717, 1.165) is 0 Å². The number of nitrogens with zero attached hydrogens (tertiary/aromatic N) is 2. The minimum atomic E-state index is -0.563. The monoisotopic (exact) mass is 333 g/mol. The molecular formula is C18H11N3O4. The number of hydrogen-bond donors (Lipinski definition) is 1. The van der Waals surface area contributed by atoms with Crippen molar-refractivity contribution in [2.75, 3.05) is 5.32 Å². The van der Waals surface area contributed by atoms with E-state index in [4.69, 9.17) is 4.42 Å². The van der Waals surface area contributed by atoms with Crippen molar-refractivity contribution in [2.24, 2.45) is 0 Å². The summed E-state index contributed by atoms with van der Waals surface area (Å²) in [6, 6.07) is 12.9. The largest absolute Gasteiger partial charge is 0.423 e. The second kappa shape index (κ2) is 5.72. The molecule has 0 aliphatic rings. The summed E-state index contributed by atoms with van der Waals surface area (Å²) in [6.07, 6.45) is 2.81. The van der Waals surface area contributed by atoms with Crippen LogP contribution < -0.4 is 16.5 Å². The number of carbonyl (C=O) groups is 1. The van der Waals surface area contributed by atoms with Crippen LogP contribution in [0.5, 0.6) is 0 Å². The lowest BCUT2D eigenvalue weighted by atomic mass is 10.2. The standard InChI is InChI=1S/C18H11N3O4/c22-16-7-4-11-9-12(5-6-14(11)25-16)20-17(23)13-10-19-15-3-1-2-8-21(15)18(13)24/h1-10H,(H,20,23). The van der Waals surface area contributed by atoms with E-state index in [1.807, 2.05) is 0 Å². The zero-order valence-electron chi connectivity index (χ0n) is 12.8. The predicted molar refractivity (Wildman–Crippen MR) is 91.9 cm³/mol. The molecule has 3 aromatic heterocycles. The van der Waals surface area contributed by atoms with Crippen LogP contribution in [0.25, 0.3) is 16.6 Å². The predicted octanol–water partition coefficient (Wildman–Crippen LogP) is 2.05. The molecule has 0 radical (unpaired) electrons. The van der Waals surface area contributed by atoms with Crippen molar-refractivity contribution in [3.8, 4) is 0 Å². The highest BCUT2D eigenvalue weighted by molar-refractivity contribution is 6.04. The maximum absolute atomic E-state index is 12.4. The van der Waals surface area contributed by atoms with Gasteiger partial charge in [0.15, 0.2) is 0 Å². The number of anilines is 1. The fourth-order valence-corrected chi connectivity index (χ4v) is 2.53. The maximum atomic E-state index is 12.4. The van der Waals surface area contributed by atoms with Crippen LogP contribution in [0.15, 0.2) is 74.9 Å². The molecule has 1 amide bonds. The normalized spacial score (nSPS) is 10.9. The van der Waals surface area contributed by atoms with Gasteiger partial charge in [-0.1, -0.05) is 6.07 Å². The average Bonchev–Trinajstić information content (AvgIpc) is 2.62. The van der Waals surface area contributed by atoms with E-state index in [9.17, 15) is 14.4 Å². The Bertz CT molecular complexity index is 1240. The Morgan fingerprint density at radius 3 is 2.84 bits per heavy atom. The van der Waals surface area contributed by atoms with Gasteiger partial charge in [-0.3, -0.25) is 14.0 Å². The van der Waals surface area contributed by atoms with Crippen LogP contribution in [0.3, 0.4) is 0 Å². The minimum absolute atomic E-state index is 0.0663. The summed E-state index contributed by atoms with van der Waals surface area (Å²) in [5, 5.41) is 3.32. The van der Waals surface area contributed by atoms with Gasteiger partial charge in [-0.2, -0.15) is 0 Å². The van der Waals surface area contributed by atoms with E-state index in [1.54, 1.807) is 48.7 Å². The molecule has 0 bridgehead atoms. The molecule has 1 N–H and O–H groups in total. The molecule has 0 aliphatic carbocycles. The van der Waals surface area contributed by atoms with Gasteiger partial charge >= 0.3 is 5.63 Å². The van der Waals surface area contributed by atoms with Crippen molar-refractivity contribution in [1.29, 1.82) is 0 Å². The molecule has 122 valence electrons. The van der Waals surface area contributed by atoms with E-state index >= 15 is 0 Å². The van der Waals surface area contributed by atoms with Gasteiger partial charge in [-0.25, -0.2) is 9.78 Å². The first-order chi connectivity index (χ1) is 12.1. The van der Waals surface area contributed by atoms with E-state index < -0.39 is 17.1 Å². The molecule has 0 aliphatic heterocycles. The zero-order valence-corrected chi connectivity index (χ0v) is 12.8. The smallest absolute Gasteiger partial charge is 0.336 e. The molecule has 0 fully saturated rings. The molecular weight excluding hydrogens is 322 g/mol. The molecule has 0 unspecified atom stereocenters. The zero-order chi connectivity index (χ0) is 17.4. The molecule has 7 nitrogen and oxygen atoms in total. The second-order valence-corrected chi connectivity index (χ2v) is 5.37. The van der Waals surface area contributed by atoms with Gasteiger partial charge in [0.05, 0.1) is 0 Å². The first-order valence-corrected chi connectivity index (χ1v) is 7.43. The number of carbonyl (C=O) groups excluding carboxylic acids is 1. The van der Waals surface area contributed by atoms with Crippen molar-refractivity contribution >= 4 is 28.2 Å². The number of nitrogens with one attached hydrogen (secondary N) is 1. The van der Waals surface area contributed by atoms with Crippen molar-refractivity contribution < 1.29 is 9.21 Å². The number of aromatic nitrogens is 2. The summed E-state index contributed by atoms with van der Waals surface area (Å²) in [7, 11) is 0. The number of amides is 1. The molecule has 25 heavy (non-hydrogen) atoms. The number of rotatable bonds is 2. The van der Waals surface area contributed by atoms with Crippen LogP contribution in [0, 0.1) is 0 Å². The molecule has 0 spiro atoms. The first-order valence-electron chi connectivity index (χ1n) is 7.43. The third kappa shape index (κ3) is 2.67. The van der Waals surface area contributed by atoms with E-state index in [1.165, 1.54) is 16.7 Å². The molecule has 4 rings (SSSR count). The molecule has 0 saturated carbocycles. The Morgan fingerprint density at radius 1 is 1.08 bits per heavy atom.